The van der Waals surface area contributed by atoms with Gasteiger partial charge in [0, 0.05) is 0 Å². The van der Waals surface area contributed by atoms with Crippen LogP contribution in [0, 0.1) is 0 Å². The van der Waals surface area contributed by atoms with Crippen LogP contribution in [0.1, 0.15) is 35.7 Å². The van der Waals surface area contributed by atoms with Gasteiger partial charge in [-0.1, -0.05) is 0 Å². The first kappa shape index (κ1) is 16.2. The summed E-state index contributed by atoms with van der Waals surface area (Å²) in [5.74, 6) is -0.430. The number of aromatic nitrogens is 2. The fourth-order valence-electron chi connectivity index (χ4n) is 2.28. The van der Waals surface area contributed by atoms with Crippen molar-refractivity contribution in [3.05, 3.63) is 33.9 Å². The number of nitrogens with zero attached hydrogens (tertiary/aromatic N) is 2. The van der Waals surface area contributed by atoms with E-state index in [4.69, 9.17) is 15.2 Å². The molecule has 0 aromatic carbocycles. The van der Waals surface area contributed by atoms with E-state index >= 15 is 0 Å². The van der Waals surface area contributed by atoms with E-state index in [0.29, 0.717) is 0 Å². The highest BCUT2D eigenvalue weighted by molar-refractivity contribution is 7.08. The summed E-state index contributed by atoms with van der Waals surface area (Å²) in [6.45, 7) is 3.42. The number of amides is 2. The lowest BCUT2D eigenvalue weighted by Gasteiger charge is -2.25. The molecule has 0 fully saturated rings. The van der Waals surface area contributed by atoms with Crippen molar-refractivity contribution >= 4 is 23.2 Å². The minimum atomic E-state index is -0.918. The zero-order valence-corrected chi connectivity index (χ0v) is 14.0. The Morgan fingerprint density at radius 3 is 2.83 bits per heavy atom. The number of hydrogen-bond donors (Lipinski definition) is 2. The van der Waals surface area contributed by atoms with E-state index in [2.05, 4.69) is 15.3 Å². The smallest absolute Gasteiger partial charge is 0.271 e. The molecule has 3 heterocycles. The molecule has 2 aromatic heterocycles. The predicted molar refractivity (Wildman–Crippen MR) is 85.9 cm³/mol. The van der Waals surface area contributed by atoms with Crippen LogP contribution < -0.4 is 20.5 Å². The van der Waals surface area contributed by atoms with Gasteiger partial charge in [0.15, 0.2) is 11.5 Å². The van der Waals surface area contributed by atoms with Crippen molar-refractivity contribution in [1.29, 1.82) is 0 Å². The Morgan fingerprint density at radius 2 is 2.17 bits per heavy atom. The van der Waals surface area contributed by atoms with E-state index < -0.39 is 11.4 Å². The molecule has 1 aliphatic heterocycles. The van der Waals surface area contributed by atoms with Gasteiger partial charge in [-0.3, -0.25) is 9.59 Å². The van der Waals surface area contributed by atoms with Crippen LogP contribution in [0.25, 0.3) is 0 Å². The highest BCUT2D eigenvalue weighted by Gasteiger charge is 2.32. The van der Waals surface area contributed by atoms with Gasteiger partial charge in [-0.05, 0) is 36.2 Å². The quantitative estimate of drug-likeness (QED) is 0.831. The number of fused-ring (bicyclic) bond motifs is 1. The van der Waals surface area contributed by atoms with Crippen LogP contribution in [0.2, 0.25) is 0 Å². The number of hydrogen-bond acceptors (Lipinski definition) is 7. The van der Waals surface area contributed by atoms with Crippen LogP contribution in [0.15, 0.2) is 16.8 Å². The van der Waals surface area contributed by atoms with Gasteiger partial charge in [0.2, 0.25) is 18.4 Å². The van der Waals surface area contributed by atoms with Crippen molar-refractivity contribution in [3.8, 4) is 11.6 Å². The number of carbonyl (C=O) groups is 2. The van der Waals surface area contributed by atoms with Crippen molar-refractivity contribution in [3.63, 3.8) is 0 Å². The summed E-state index contributed by atoms with van der Waals surface area (Å²) in [4.78, 5) is 32.2. The van der Waals surface area contributed by atoms with Crippen LogP contribution in [0.4, 0.5) is 0 Å². The molecule has 1 aliphatic rings. The van der Waals surface area contributed by atoms with Crippen molar-refractivity contribution < 1.29 is 19.1 Å². The Hall–Kier alpha value is -2.68. The molecule has 0 saturated heterocycles. The standard InChI is InChI=1S/C15H16N4O4S/c1-15(2,19-9(20)5-8-3-4-24-6-8)14-17-10(12(16)21)11-13(18-14)23-7-22-11/h3-4,6H,5,7H2,1-2H3,(H2,16,21)(H,19,20). The van der Waals surface area contributed by atoms with Crippen LogP contribution in [-0.4, -0.2) is 28.6 Å². The zero-order valence-electron chi connectivity index (χ0n) is 13.2. The summed E-state index contributed by atoms with van der Waals surface area (Å²) in [7, 11) is 0. The fraction of sp³-hybridized carbons (Fsp3) is 0.333. The van der Waals surface area contributed by atoms with E-state index in [1.807, 2.05) is 16.8 Å². The molecule has 2 amide bonds. The molecule has 0 unspecified atom stereocenters. The van der Waals surface area contributed by atoms with Gasteiger partial charge in [-0.15, -0.1) is 0 Å². The van der Waals surface area contributed by atoms with Crippen molar-refractivity contribution in [2.45, 2.75) is 25.8 Å². The normalized spacial score (nSPS) is 12.9. The van der Waals surface area contributed by atoms with Gasteiger partial charge in [0.1, 0.15) is 0 Å². The first-order chi connectivity index (χ1) is 11.4. The van der Waals surface area contributed by atoms with E-state index in [-0.39, 0.29) is 42.3 Å². The maximum Gasteiger partial charge on any atom is 0.271 e. The second-order valence-corrected chi connectivity index (χ2v) is 6.56. The Balaban J connectivity index is 1.85. The molecule has 9 heteroatoms. The van der Waals surface area contributed by atoms with E-state index in [0.717, 1.165) is 5.56 Å². The Bertz CT molecular complexity index is 789. The van der Waals surface area contributed by atoms with Gasteiger partial charge >= 0.3 is 0 Å². The summed E-state index contributed by atoms with van der Waals surface area (Å²) in [5.41, 5.74) is 5.29. The number of ether oxygens (including phenoxy) is 2. The molecule has 2 aromatic rings. The van der Waals surface area contributed by atoms with Crippen LogP contribution in [-0.2, 0) is 16.8 Å². The Morgan fingerprint density at radius 1 is 1.38 bits per heavy atom. The third-order valence-electron chi connectivity index (χ3n) is 3.42. The molecule has 0 saturated carbocycles. The number of primary amides is 1. The first-order valence-corrected chi connectivity index (χ1v) is 8.11. The highest BCUT2D eigenvalue weighted by atomic mass is 32.1. The average Bonchev–Trinajstić information content (AvgIpc) is 3.15. The SMILES string of the molecule is CC(C)(NC(=O)Cc1ccsc1)c1nc2c(c(C(N)=O)n1)OCO2. The third-order valence-corrected chi connectivity index (χ3v) is 4.15. The topological polar surface area (TPSA) is 116 Å². The van der Waals surface area contributed by atoms with Gasteiger partial charge in [-0.25, -0.2) is 4.98 Å². The monoisotopic (exact) mass is 348 g/mol. The molecule has 0 radical (unpaired) electrons. The predicted octanol–water partition coefficient (Wildman–Crippen LogP) is 0.960. The fourth-order valence-corrected chi connectivity index (χ4v) is 2.94. The summed E-state index contributed by atoms with van der Waals surface area (Å²) < 4.78 is 10.4. The average molecular weight is 348 g/mol. The number of nitrogens with two attached hydrogens (primary N) is 1. The second kappa shape index (κ2) is 6.08. The summed E-state index contributed by atoms with van der Waals surface area (Å²) >= 11 is 1.53. The minimum Gasteiger partial charge on any atom is -0.449 e. The van der Waals surface area contributed by atoms with Gasteiger partial charge < -0.3 is 20.5 Å². The van der Waals surface area contributed by atoms with Crippen LogP contribution in [0.3, 0.4) is 0 Å². The first-order valence-electron chi connectivity index (χ1n) is 7.17. The number of nitrogens with one attached hydrogen (secondary N) is 1. The van der Waals surface area contributed by atoms with Crippen molar-refractivity contribution in [2.75, 3.05) is 6.79 Å². The van der Waals surface area contributed by atoms with Gasteiger partial charge in [-0.2, -0.15) is 16.3 Å². The third kappa shape index (κ3) is 3.16. The molecular weight excluding hydrogens is 332 g/mol. The van der Waals surface area contributed by atoms with Gasteiger partial charge in [0.05, 0.1) is 12.0 Å². The molecule has 8 nitrogen and oxygen atoms in total. The minimum absolute atomic E-state index is 0.0569. The second-order valence-electron chi connectivity index (χ2n) is 5.78. The van der Waals surface area contributed by atoms with Crippen LogP contribution >= 0.6 is 11.3 Å². The molecule has 3 rings (SSSR count). The summed E-state index contributed by atoms with van der Waals surface area (Å²) in [6, 6.07) is 1.89. The van der Waals surface area contributed by atoms with E-state index in [1.54, 1.807) is 13.8 Å². The number of rotatable bonds is 5. The molecule has 0 atom stereocenters. The number of carbonyl (C=O) groups excluding carboxylic acids is 2. The summed E-state index contributed by atoms with van der Waals surface area (Å²) in [6.07, 6.45) is 0.250. The molecule has 24 heavy (non-hydrogen) atoms. The lowest BCUT2D eigenvalue weighted by atomic mass is 10.0. The van der Waals surface area contributed by atoms with Gasteiger partial charge in [0.25, 0.3) is 11.8 Å². The molecule has 3 N–H and O–H groups in total. The van der Waals surface area contributed by atoms with Crippen LogP contribution in [0.5, 0.6) is 11.6 Å². The molecule has 0 spiro atoms. The molecule has 126 valence electrons. The largest absolute Gasteiger partial charge is 0.449 e. The van der Waals surface area contributed by atoms with E-state index in [1.165, 1.54) is 11.3 Å². The maximum absolute atomic E-state index is 12.2. The number of thiophene rings is 1. The zero-order chi connectivity index (χ0) is 17.3. The summed E-state index contributed by atoms with van der Waals surface area (Å²) in [5, 5.41) is 6.68. The maximum atomic E-state index is 12.2. The lowest BCUT2D eigenvalue weighted by Crippen LogP contribution is -2.43. The van der Waals surface area contributed by atoms with E-state index in [9.17, 15) is 9.59 Å². The Labute approximate surface area is 142 Å². The highest BCUT2D eigenvalue weighted by Crippen LogP contribution is 2.34. The molecule has 0 bridgehead atoms. The van der Waals surface area contributed by atoms with Crippen molar-refractivity contribution in [2.24, 2.45) is 5.73 Å². The Kier molecular flexibility index (Phi) is 4.10. The molecular formula is C15H16N4O4S. The lowest BCUT2D eigenvalue weighted by molar-refractivity contribution is -0.122. The molecule has 0 aliphatic carbocycles. The van der Waals surface area contributed by atoms with Crippen molar-refractivity contribution in [1.82, 2.24) is 15.3 Å².